The van der Waals surface area contributed by atoms with Crippen molar-refractivity contribution in [2.45, 2.75) is 44.6 Å². The van der Waals surface area contributed by atoms with Crippen molar-refractivity contribution in [3.05, 3.63) is 89.7 Å². The Bertz CT molecular complexity index is 1210. The molecule has 1 aliphatic carbocycles. The van der Waals surface area contributed by atoms with Crippen LogP contribution in [0.3, 0.4) is 0 Å². The monoisotopic (exact) mass is 410 g/mol. The van der Waals surface area contributed by atoms with Gasteiger partial charge in [0.05, 0.1) is 29.0 Å². The first-order valence-corrected chi connectivity index (χ1v) is 11.1. The van der Waals surface area contributed by atoms with E-state index < -0.39 is 5.97 Å². The second-order valence-corrected chi connectivity index (χ2v) is 8.41. The van der Waals surface area contributed by atoms with Gasteiger partial charge in [-0.15, -0.1) is 0 Å². The molecule has 0 bridgehead atoms. The fourth-order valence-corrected chi connectivity index (χ4v) is 5.04. The highest BCUT2D eigenvalue weighted by atomic mass is 16.4. The van der Waals surface area contributed by atoms with Crippen LogP contribution >= 0.6 is 0 Å². The number of rotatable bonds is 5. The molecular formula is C27H26N2O2. The van der Waals surface area contributed by atoms with Gasteiger partial charge in [0.15, 0.2) is 0 Å². The van der Waals surface area contributed by atoms with Crippen molar-refractivity contribution < 1.29 is 9.90 Å². The van der Waals surface area contributed by atoms with Gasteiger partial charge in [0.25, 0.3) is 0 Å². The lowest BCUT2D eigenvalue weighted by molar-refractivity contribution is 0.0697. The van der Waals surface area contributed by atoms with Crippen molar-refractivity contribution in [2.24, 2.45) is 0 Å². The average Bonchev–Trinajstić information content (AvgIpc) is 3.14. The molecule has 0 unspecified atom stereocenters. The second-order valence-electron chi connectivity index (χ2n) is 8.41. The van der Waals surface area contributed by atoms with E-state index >= 15 is 0 Å². The molecule has 156 valence electrons. The van der Waals surface area contributed by atoms with Crippen molar-refractivity contribution in [3.8, 4) is 11.3 Å². The highest BCUT2D eigenvalue weighted by molar-refractivity contribution is 5.98. The minimum Gasteiger partial charge on any atom is -0.478 e. The molecule has 0 radical (unpaired) electrons. The molecule has 4 nitrogen and oxygen atoms in total. The van der Waals surface area contributed by atoms with Crippen molar-refractivity contribution in [2.75, 3.05) is 0 Å². The van der Waals surface area contributed by atoms with Crippen molar-refractivity contribution in [1.82, 2.24) is 9.55 Å². The Labute approximate surface area is 182 Å². The van der Waals surface area contributed by atoms with Crippen molar-refractivity contribution in [3.63, 3.8) is 0 Å². The fourth-order valence-electron chi connectivity index (χ4n) is 5.04. The Hall–Kier alpha value is -3.40. The summed E-state index contributed by atoms with van der Waals surface area (Å²) in [4.78, 5) is 16.3. The zero-order valence-electron chi connectivity index (χ0n) is 17.5. The number of hydrogen-bond donors (Lipinski definition) is 1. The minimum absolute atomic E-state index is 0.321. The largest absolute Gasteiger partial charge is 0.478 e. The molecule has 2 aromatic carbocycles. The Kier molecular flexibility index (Phi) is 5.29. The zero-order valence-corrected chi connectivity index (χ0v) is 17.5. The van der Waals surface area contributed by atoms with E-state index in [9.17, 15) is 9.90 Å². The number of fused-ring (bicyclic) bond motifs is 1. The van der Waals surface area contributed by atoms with Crippen molar-refractivity contribution >= 4 is 16.9 Å². The minimum atomic E-state index is -0.895. The smallest absolute Gasteiger partial charge is 0.335 e. The molecule has 5 rings (SSSR count). The first-order chi connectivity index (χ1) is 15.2. The van der Waals surface area contributed by atoms with E-state index in [-0.39, 0.29) is 0 Å². The maximum Gasteiger partial charge on any atom is 0.335 e. The standard InChI is InChI=1S/C27H26N2O2/c30-27(31)21-14-15-23-24(17-21)29(18-22-13-7-8-16-28-22)26(20-11-5-2-6-12-20)25(23)19-9-3-1-4-10-19/h2,5-8,11-17,19H,1,3-4,9-10,18H2,(H,30,31). The van der Waals surface area contributed by atoms with Gasteiger partial charge in [-0.3, -0.25) is 4.98 Å². The number of benzene rings is 2. The summed E-state index contributed by atoms with van der Waals surface area (Å²) in [6.07, 6.45) is 7.98. The third kappa shape index (κ3) is 3.74. The Morgan fingerprint density at radius 2 is 1.74 bits per heavy atom. The zero-order chi connectivity index (χ0) is 21.2. The maximum absolute atomic E-state index is 11.8. The summed E-state index contributed by atoms with van der Waals surface area (Å²) in [5.74, 6) is -0.403. The number of aromatic carboxylic acids is 1. The van der Waals surface area contributed by atoms with E-state index in [2.05, 4.69) is 33.8 Å². The van der Waals surface area contributed by atoms with Gasteiger partial charge < -0.3 is 9.67 Å². The molecule has 1 saturated carbocycles. The number of nitrogens with zero attached hydrogens (tertiary/aromatic N) is 2. The third-order valence-corrected chi connectivity index (χ3v) is 6.46. The summed E-state index contributed by atoms with van der Waals surface area (Å²) < 4.78 is 2.28. The third-order valence-electron chi connectivity index (χ3n) is 6.46. The molecule has 4 aromatic rings. The maximum atomic E-state index is 11.8. The fraction of sp³-hybridized carbons (Fsp3) is 0.259. The van der Waals surface area contributed by atoms with E-state index in [1.165, 1.54) is 54.3 Å². The number of carboxylic acids is 1. The van der Waals surface area contributed by atoms with E-state index in [0.717, 1.165) is 11.2 Å². The van der Waals surface area contributed by atoms with Crippen LogP contribution in [-0.4, -0.2) is 20.6 Å². The van der Waals surface area contributed by atoms with Gasteiger partial charge in [-0.05, 0) is 54.2 Å². The van der Waals surface area contributed by atoms with Crippen LogP contribution in [0.25, 0.3) is 22.2 Å². The van der Waals surface area contributed by atoms with Crippen LogP contribution in [0, 0.1) is 0 Å². The summed E-state index contributed by atoms with van der Waals surface area (Å²) >= 11 is 0. The van der Waals surface area contributed by atoms with Crippen LogP contribution in [0.4, 0.5) is 0 Å². The van der Waals surface area contributed by atoms with Crippen LogP contribution < -0.4 is 0 Å². The quantitative estimate of drug-likeness (QED) is 0.409. The summed E-state index contributed by atoms with van der Waals surface area (Å²) in [7, 11) is 0. The van der Waals surface area contributed by atoms with Gasteiger partial charge in [-0.1, -0.05) is 61.7 Å². The summed E-state index contributed by atoms with van der Waals surface area (Å²) in [6.45, 7) is 0.608. The van der Waals surface area contributed by atoms with E-state index in [1.807, 2.05) is 42.6 Å². The summed E-state index contributed by atoms with van der Waals surface area (Å²) in [5.41, 5.74) is 6.01. The number of carbonyl (C=O) groups is 1. The predicted octanol–water partition coefficient (Wildman–Crippen LogP) is 6.50. The van der Waals surface area contributed by atoms with Gasteiger partial charge in [0.2, 0.25) is 0 Å². The van der Waals surface area contributed by atoms with Gasteiger partial charge in [-0.2, -0.15) is 0 Å². The topological polar surface area (TPSA) is 55.1 Å². The Morgan fingerprint density at radius 1 is 0.968 bits per heavy atom. The van der Waals surface area contributed by atoms with Crippen LogP contribution in [0.15, 0.2) is 72.9 Å². The lowest BCUT2D eigenvalue weighted by Gasteiger charge is -2.23. The highest BCUT2D eigenvalue weighted by Gasteiger charge is 2.27. The number of hydrogen-bond acceptors (Lipinski definition) is 2. The number of carboxylic acid groups (broad SMARTS) is 1. The molecule has 0 atom stereocenters. The molecule has 0 amide bonds. The highest BCUT2D eigenvalue weighted by Crippen LogP contribution is 2.44. The summed E-state index contributed by atoms with van der Waals surface area (Å²) in [6, 6.07) is 22.1. The van der Waals surface area contributed by atoms with E-state index in [4.69, 9.17) is 0 Å². The first-order valence-electron chi connectivity index (χ1n) is 11.1. The van der Waals surface area contributed by atoms with Gasteiger partial charge in [0.1, 0.15) is 0 Å². The van der Waals surface area contributed by atoms with Gasteiger partial charge >= 0.3 is 5.97 Å². The SMILES string of the molecule is O=C(O)c1ccc2c(C3CCCCC3)c(-c3ccccc3)n(Cc3ccccn3)c2c1. The summed E-state index contributed by atoms with van der Waals surface area (Å²) in [5, 5.41) is 10.8. The van der Waals surface area contributed by atoms with Crippen LogP contribution in [-0.2, 0) is 6.54 Å². The second kappa shape index (κ2) is 8.38. The molecule has 2 heterocycles. The van der Waals surface area contributed by atoms with E-state index in [1.54, 1.807) is 6.07 Å². The van der Waals surface area contributed by atoms with Crippen LogP contribution in [0.5, 0.6) is 0 Å². The van der Waals surface area contributed by atoms with Gasteiger partial charge in [0, 0.05) is 11.6 Å². The Morgan fingerprint density at radius 3 is 2.45 bits per heavy atom. The van der Waals surface area contributed by atoms with E-state index in [0.29, 0.717) is 18.0 Å². The van der Waals surface area contributed by atoms with Crippen molar-refractivity contribution in [1.29, 1.82) is 0 Å². The van der Waals surface area contributed by atoms with Gasteiger partial charge in [-0.25, -0.2) is 4.79 Å². The van der Waals surface area contributed by atoms with Crippen LogP contribution in [0.2, 0.25) is 0 Å². The lowest BCUT2D eigenvalue weighted by atomic mass is 9.82. The molecule has 1 aliphatic rings. The lowest BCUT2D eigenvalue weighted by Crippen LogP contribution is -2.08. The molecule has 4 heteroatoms. The van der Waals surface area contributed by atoms with Crippen LogP contribution in [0.1, 0.15) is 59.6 Å². The average molecular weight is 411 g/mol. The molecule has 1 N–H and O–H groups in total. The number of pyridine rings is 1. The number of aromatic nitrogens is 2. The molecule has 1 fully saturated rings. The first kappa shape index (κ1) is 19.6. The molecular weight excluding hydrogens is 384 g/mol. The molecule has 2 aromatic heterocycles. The molecule has 0 saturated heterocycles. The molecule has 0 aliphatic heterocycles. The normalized spacial score (nSPS) is 14.7. The Balaban J connectivity index is 1.81. The molecule has 0 spiro atoms. The molecule has 31 heavy (non-hydrogen) atoms. The predicted molar refractivity (Wildman–Crippen MR) is 123 cm³/mol.